The molecule has 0 bridgehead atoms. The van der Waals surface area contributed by atoms with Crippen molar-refractivity contribution in [3.8, 4) is 5.75 Å². The fourth-order valence-corrected chi connectivity index (χ4v) is 5.50. The molecule has 6 rings (SSSR count). The maximum absolute atomic E-state index is 9.64. The first-order valence-electron chi connectivity index (χ1n) is 9.40. The van der Waals surface area contributed by atoms with Gasteiger partial charge in [-0.15, -0.1) is 0 Å². The molecule has 3 heterocycles. The van der Waals surface area contributed by atoms with E-state index in [4.69, 9.17) is 14.7 Å². The zero-order valence-corrected chi connectivity index (χ0v) is 15.1. The number of hydrogen-bond donors (Lipinski definition) is 2. The lowest BCUT2D eigenvalue weighted by molar-refractivity contribution is 0.315. The molecule has 0 saturated heterocycles. The van der Waals surface area contributed by atoms with Gasteiger partial charge >= 0.3 is 0 Å². The Morgan fingerprint density at radius 2 is 2.07 bits per heavy atom. The summed E-state index contributed by atoms with van der Waals surface area (Å²) in [7, 11) is 1.67. The fraction of sp³-hybridized carbons (Fsp3) is 0.381. The molecule has 0 amide bonds. The van der Waals surface area contributed by atoms with Gasteiger partial charge < -0.3 is 15.3 Å². The highest BCUT2D eigenvalue weighted by Gasteiger charge is 2.78. The van der Waals surface area contributed by atoms with Gasteiger partial charge in [-0.2, -0.15) is 0 Å². The zero-order valence-electron chi connectivity index (χ0n) is 15.1. The topological polar surface area (TPSA) is 78.6 Å². The average Bonchev–Trinajstić information content (AvgIpc) is 3.04. The third-order valence-electron chi connectivity index (χ3n) is 6.86. The van der Waals surface area contributed by atoms with Crippen molar-refractivity contribution in [3.05, 3.63) is 52.7 Å². The fourth-order valence-electron chi connectivity index (χ4n) is 5.50. The molecule has 2 aliphatic carbocycles. The summed E-state index contributed by atoms with van der Waals surface area (Å²) in [6.07, 6.45) is 4.66. The quantitative estimate of drug-likeness (QED) is 0.628. The first-order chi connectivity index (χ1) is 13.2. The Kier molecular flexibility index (Phi) is 2.81. The predicted molar refractivity (Wildman–Crippen MR) is 103 cm³/mol. The van der Waals surface area contributed by atoms with Gasteiger partial charge in [-0.05, 0) is 54.8 Å². The Hall–Kier alpha value is -2.73. The molecule has 1 aromatic rings. The van der Waals surface area contributed by atoms with Gasteiger partial charge in [-0.1, -0.05) is 5.16 Å². The van der Waals surface area contributed by atoms with Crippen molar-refractivity contribution >= 4 is 17.1 Å². The van der Waals surface area contributed by atoms with Gasteiger partial charge in [-0.3, -0.25) is 9.98 Å². The van der Waals surface area contributed by atoms with Gasteiger partial charge in [0.2, 0.25) is 0 Å². The third kappa shape index (κ3) is 1.72. The molecule has 2 atom stereocenters. The molecule has 27 heavy (non-hydrogen) atoms. The van der Waals surface area contributed by atoms with Gasteiger partial charge in [0.15, 0.2) is 0 Å². The number of hydrogen-bond acceptors (Lipinski definition) is 6. The molecular formula is C21H20N4O2. The van der Waals surface area contributed by atoms with E-state index in [1.165, 1.54) is 16.7 Å². The lowest BCUT2D eigenvalue weighted by Crippen LogP contribution is -2.39. The number of oxime groups is 1. The highest BCUT2D eigenvalue weighted by molar-refractivity contribution is 6.56. The normalized spacial score (nSPS) is 34.3. The van der Waals surface area contributed by atoms with Gasteiger partial charge in [0.25, 0.3) is 0 Å². The molecule has 1 aromatic carbocycles. The molecule has 2 unspecified atom stereocenters. The Balaban J connectivity index is 1.45. The number of methoxy groups -OCH3 is 1. The van der Waals surface area contributed by atoms with Crippen LogP contribution in [0.1, 0.15) is 24.8 Å². The van der Waals surface area contributed by atoms with Crippen molar-refractivity contribution in [2.24, 2.45) is 20.6 Å². The van der Waals surface area contributed by atoms with Crippen LogP contribution in [-0.2, 0) is 0 Å². The van der Waals surface area contributed by atoms with Crippen molar-refractivity contribution in [1.29, 1.82) is 0 Å². The SMILES string of the molecule is COc1ccc(C2=NC=C3C2=NC24CC32CC(=NO)C2=C4CNCC2)cc1. The summed E-state index contributed by atoms with van der Waals surface area (Å²) in [6.45, 7) is 1.76. The van der Waals surface area contributed by atoms with E-state index < -0.39 is 0 Å². The van der Waals surface area contributed by atoms with Crippen molar-refractivity contribution in [2.45, 2.75) is 24.8 Å². The molecule has 1 saturated carbocycles. The Bertz CT molecular complexity index is 1030. The third-order valence-corrected chi connectivity index (χ3v) is 6.86. The lowest BCUT2D eigenvalue weighted by Gasteiger charge is -2.33. The summed E-state index contributed by atoms with van der Waals surface area (Å²) in [6, 6.07) is 7.98. The second-order valence-electron chi connectivity index (χ2n) is 7.94. The Morgan fingerprint density at radius 1 is 1.22 bits per heavy atom. The van der Waals surface area contributed by atoms with Crippen LogP contribution in [0.4, 0.5) is 0 Å². The molecule has 0 aromatic heterocycles. The molecule has 0 spiro atoms. The van der Waals surface area contributed by atoms with Crippen LogP contribution >= 0.6 is 0 Å². The van der Waals surface area contributed by atoms with Crippen LogP contribution in [0.2, 0.25) is 0 Å². The number of fused-ring (bicyclic) bond motifs is 1. The first-order valence-corrected chi connectivity index (χ1v) is 9.40. The summed E-state index contributed by atoms with van der Waals surface area (Å²) in [4.78, 5) is 9.98. The number of ether oxygens (including phenoxy) is 1. The van der Waals surface area contributed by atoms with Crippen molar-refractivity contribution in [2.75, 3.05) is 20.2 Å². The maximum Gasteiger partial charge on any atom is 0.118 e. The summed E-state index contributed by atoms with van der Waals surface area (Å²) < 4.78 is 5.27. The van der Waals surface area contributed by atoms with Crippen LogP contribution in [0.3, 0.4) is 0 Å². The molecular weight excluding hydrogens is 340 g/mol. The molecule has 6 heteroatoms. The van der Waals surface area contributed by atoms with Crippen molar-refractivity contribution < 1.29 is 9.94 Å². The number of benzene rings is 1. The van der Waals surface area contributed by atoms with Crippen LogP contribution in [-0.4, -0.2) is 48.1 Å². The van der Waals surface area contributed by atoms with E-state index in [1.54, 1.807) is 7.11 Å². The standard InChI is InChI=1S/C21H20N4O2/c1-27-13-4-2-12(3-5-13)18-19-16(10-23-18)20-8-17(25-26)14-6-7-22-9-15(14)21(20,11-20)24-19/h2-5,10,22,26H,6-9,11H2,1H3. The summed E-state index contributed by atoms with van der Waals surface area (Å²) in [5.74, 6) is 0.833. The van der Waals surface area contributed by atoms with Gasteiger partial charge in [0, 0.05) is 35.7 Å². The minimum absolute atomic E-state index is 0.0700. The second-order valence-corrected chi connectivity index (χ2v) is 7.94. The summed E-state index contributed by atoms with van der Waals surface area (Å²) in [5.41, 5.74) is 7.39. The van der Waals surface area contributed by atoms with E-state index >= 15 is 0 Å². The Morgan fingerprint density at radius 3 is 2.85 bits per heavy atom. The van der Waals surface area contributed by atoms with Crippen molar-refractivity contribution in [1.82, 2.24) is 5.32 Å². The first kappa shape index (κ1) is 15.3. The number of aliphatic imine (C=N–C) groups is 2. The number of rotatable bonds is 2. The van der Waals surface area contributed by atoms with Crippen LogP contribution in [0.25, 0.3) is 0 Å². The van der Waals surface area contributed by atoms with E-state index in [-0.39, 0.29) is 11.0 Å². The summed E-state index contributed by atoms with van der Waals surface area (Å²) in [5, 5.41) is 16.8. The largest absolute Gasteiger partial charge is 0.497 e. The molecule has 5 aliphatic rings. The molecule has 1 fully saturated rings. The smallest absolute Gasteiger partial charge is 0.118 e. The zero-order chi connectivity index (χ0) is 18.2. The number of nitrogens with zero attached hydrogens (tertiary/aromatic N) is 3. The summed E-state index contributed by atoms with van der Waals surface area (Å²) >= 11 is 0. The minimum atomic E-state index is -0.154. The van der Waals surface area contributed by atoms with Crippen LogP contribution < -0.4 is 10.1 Å². The van der Waals surface area contributed by atoms with Gasteiger partial charge in [0.05, 0.1) is 29.8 Å². The highest BCUT2D eigenvalue weighted by atomic mass is 16.5. The van der Waals surface area contributed by atoms with Gasteiger partial charge in [0.1, 0.15) is 5.75 Å². The molecule has 3 aliphatic heterocycles. The Labute approximate surface area is 157 Å². The maximum atomic E-state index is 9.64. The predicted octanol–water partition coefficient (Wildman–Crippen LogP) is 2.49. The highest BCUT2D eigenvalue weighted by Crippen LogP contribution is 2.75. The average molecular weight is 360 g/mol. The van der Waals surface area contributed by atoms with E-state index in [0.29, 0.717) is 0 Å². The second kappa shape index (κ2) is 4.95. The minimum Gasteiger partial charge on any atom is -0.497 e. The lowest BCUT2D eigenvalue weighted by atomic mass is 9.74. The molecule has 136 valence electrons. The van der Waals surface area contributed by atoms with Crippen LogP contribution in [0, 0.1) is 5.41 Å². The van der Waals surface area contributed by atoms with E-state index in [1.807, 2.05) is 30.5 Å². The van der Waals surface area contributed by atoms with Gasteiger partial charge in [-0.25, -0.2) is 0 Å². The van der Waals surface area contributed by atoms with E-state index in [0.717, 1.165) is 60.8 Å². The molecule has 0 radical (unpaired) electrons. The molecule has 6 nitrogen and oxygen atoms in total. The van der Waals surface area contributed by atoms with Crippen LogP contribution in [0.15, 0.2) is 62.3 Å². The number of nitrogens with one attached hydrogen (secondary N) is 1. The monoisotopic (exact) mass is 360 g/mol. The molecule has 2 N–H and O–H groups in total. The van der Waals surface area contributed by atoms with Crippen molar-refractivity contribution in [3.63, 3.8) is 0 Å². The van der Waals surface area contributed by atoms with E-state index in [2.05, 4.69) is 10.5 Å². The van der Waals surface area contributed by atoms with Crippen LogP contribution in [0.5, 0.6) is 5.75 Å². The van der Waals surface area contributed by atoms with E-state index in [9.17, 15) is 5.21 Å².